The van der Waals surface area contributed by atoms with E-state index in [2.05, 4.69) is 0 Å². The topological polar surface area (TPSA) is 72.2 Å². The maximum Gasteiger partial charge on any atom is 0.242 e. The number of nitrogens with zero attached hydrogens (tertiary/aromatic N) is 2. The highest BCUT2D eigenvalue weighted by molar-refractivity contribution is 5.85. The lowest BCUT2D eigenvalue weighted by Gasteiger charge is -2.31. The van der Waals surface area contributed by atoms with Crippen LogP contribution in [0.4, 0.5) is 0 Å². The molecule has 0 saturated heterocycles. The number of rotatable bonds is 12. The largest absolute Gasteiger partial charge is 0.493 e. The Hall–Kier alpha value is -2.96. The molecule has 0 aliphatic heterocycles. The zero-order valence-corrected chi connectivity index (χ0v) is 20.1. The lowest BCUT2D eigenvalue weighted by atomic mass is 10.1. The summed E-state index contributed by atoms with van der Waals surface area (Å²) in [6.45, 7) is 8.60. The highest BCUT2D eigenvalue weighted by Gasteiger charge is 2.24. The van der Waals surface area contributed by atoms with Crippen LogP contribution in [0.2, 0.25) is 0 Å². The molecule has 2 rings (SSSR count). The Morgan fingerprint density at radius 1 is 1.03 bits per heavy atom. The summed E-state index contributed by atoms with van der Waals surface area (Å²) in [6, 6.07) is 9.52. The van der Waals surface area contributed by atoms with Gasteiger partial charge >= 0.3 is 0 Å². The van der Waals surface area contributed by atoms with Gasteiger partial charge in [-0.05, 0) is 56.5 Å². The van der Waals surface area contributed by atoms with Crippen molar-refractivity contribution >= 4 is 11.8 Å². The predicted octanol–water partition coefficient (Wildman–Crippen LogP) is 4.21. The Kier molecular flexibility index (Phi) is 9.62. The van der Waals surface area contributed by atoms with Crippen LogP contribution in [-0.2, 0) is 22.6 Å². The number of methoxy groups -OCH3 is 2. The molecule has 7 heteroatoms. The zero-order valence-electron chi connectivity index (χ0n) is 20.1. The first kappa shape index (κ1) is 25.3. The van der Waals surface area contributed by atoms with Crippen molar-refractivity contribution in [2.45, 2.75) is 59.5 Å². The molecule has 1 aromatic heterocycles. The Balaban J connectivity index is 2.19. The van der Waals surface area contributed by atoms with Crippen molar-refractivity contribution in [3.05, 3.63) is 47.4 Å². The Bertz CT molecular complexity index is 892. The minimum atomic E-state index is -0.0957. The number of amides is 2. The minimum Gasteiger partial charge on any atom is -0.493 e. The molecule has 0 aliphatic carbocycles. The molecule has 0 spiro atoms. The van der Waals surface area contributed by atoms with Gasteiger partial charge in [-0.25, -0.2) is 0 Å². The Morgan fingerprint density at radius 2 is 1.75 bits per heavy atom. The molecule has 2 aromatic rings. The van der Waals surface area contributed by atoms with Crippen LogP contribution in [0.25, 0.3) is 0 Å². The number of ether oxygens (including phenoxy) is 2. The fourth-order valence-corrected chi connectivity index (χ4v) is 3.51. The summed E-state index contributed by atoms with van der Waals surface area (Å²) in [7, 11) is 3.20. The number of aryl methyl sites for hydroxylation is 1. The summed E-state index contributed by atoms with van der Waals surface area (Å²) in [5.41, 5.74) is 1.03. The molecule has 0 bridgehead atoms. The number of carbonyl (C=O) groups is 2. The van der Waals surface area contributed by atoms with Crippen LogP contribution < -0.4 is 9.47 Å². The van der Waals surface area contributed by atoms with Crippen molar-refractivity contribution in [3.63, 3.8) is 0 Å². The fourth-order valence-electron chi connectivity index (χ4n) is 3.51. The summed E-state index contributed by atoms with van der Waals surface area (Å²) in [5, 5.41) is 0. The molecule has 176 valence electrons. The second-order valence-electron chi connectivity index (χ2n) is 7.90. The van der Waals surface area contributed by atoms with Gasteiger partial charge in [-0.1, -0.05) is 19.9 Å². The highest BCUT2D eigenvalue weighted by atomic mass is 16.5. The van der Waals surface area contributed by atoms with Crippen LogP contribution in [0.5, 0.6) is 11.5 Å². The van der Waals surface area contributed by atoms with E-state index in [9.17, 15) is 9.59 Å². The molecule has 1 aromatic carbocycles. The van der Waals surface area contributed by atoms with Gasteiger partial charge in [0.15, 0.2) is 11.5 Å². The van der Waals surface area contributed by atoms with Crippen LogP contribution in [0, 0.1) is 6.92 Å². The number of carbonyl (C=O) groups excluding carboxylic acids is 2. The molecule has 1 heterocycles. The second kappa shape index (κ2) is 12.2. The normalized spacial score (nSPS) is 11.7. The molecular weight excluding hydrogens is 408 g/mol. The molecule has 2 amide bonds. The number of hydrogen-bond donors (Lipinski definition) is 0. The lowest BCUT2D eigenvalue weighted by molar-refractivity contribution is -0.142. The first-order valence-electron chi connectivity index (χ1n) is 11.2. The fraction of sp³-hybridized carbons (Fsp3) is 0.520. The van der Waals surface area contributed by atoms with Gasteiger partial charge in [0.25, 0.3) is 0 Å². The first-order chi connectivity index (χ1) is 15.3. The SMILES string of the molecule is CCC(=O)N(CC(=O)N(CCc1ccc(OC)c(OC)c1)Cc1ccc(C)o1)C(C)CC. The van der Waals surface area contributed by atoms with Crippen molar-refractivity contribution in [1.82, 2.24) is 9.80 Å². The van der Waals surface area contributed by atoms with E-state index in [1.54, 1.807) is 24.0 Å². The quantitative estimate of drug-likeness (QED) is 0.490. The van der Waals surface area contributed by atoms with Gasteiger partial charge in [0.05, 0.1) is 20.8 Å². The van der Waals surface area contributed by atoms with Crippen LogP contribution in [0.15, 0.2) is 34.7 Å². The van der Waals surface area contributed by atoms with Crippen LogP contribution >= 0.6 is 0 Å². The first-order valence-corrected chi connectivity index (χ1v) is 11.2. The number of benzene rings is 1. The smallest absolute Gasteiger partial charge is 0.242 e. The summed E-state index contributed by atoms with van der Waals surface area (Å²) >= 11 is 0. The van der Waals surface area contributed by atoms with E-state index in [4.69, 9.17) is 13.9 Å². The molecule has 0 saturated carbocycles. The number of furan rings is 1. The summed E-state index contributed by atoms with van der Waals surface area (Å²) < 4.78 is 16.4. The van der Waals surface area contributed by atoms with Crippen molar-refractivity contribution < 1.29 is 23.5 Å². The molecule has 1 atom stereocenters. The van der Waals surface area contributed by atoms with Crippen LogP contribution in [0.1, 0.15) is 50.7 Å². The van der Waals surface area contributed by atoms with Gasteiger partial charge in [0.2, 0.25) is 11.8 Å². The van der Waals surface area contributed by atoms with Gasteiger partial charge in [-0.15, -0.1) is 0 Å². The average Bonchev–Trinajstić information content (AvgIpc) is 3.23. The zero-order chi connectivity index (χ0) is 23.7. The predicted molar refractivity (Wildman–Crippen MR) is 124 cm³/mol. The van der Waals surface area contributed by atoms with Gasteiger partial charge in [0, 0.05) is 19.0 Å². The van der Waals surface area contributed by atoms with Gasteiger partial charge in [0.1, 0.15) is 18.1 Å². The summed E-state index contributed by atoms with van der Waals surface area (Å²) in [6.07, 6.45) is 1.81. The van der Waals surface area contributed by atoms with Crippen LogP contribution in [0.3, 0.4) is 0 Å². The molecule has 0 N–H and O–H groups in total. The monoisotopic (exact) mass is 444 g/mol. The van der Waals surface area contributed by atoms with Crippen molar-refractivity contribution in [2.24, 2.45) is 0 Å². The standard InChI is InChI=1S/C25H36N2O5/c1-7-18(3)27(24(28)8-2)17-25(29)26(16-21-11-9-19(4)32-21)14-13-20-10-12-22(30-5)23(15-20)31-6/h9-12,15,18H,7-8,13-14,16-17H2,1-6H3. The van der Waals surface area contributed by atoms with Crippen molar-refractivity contribution in [3.8, 4) is 11.5 Å². The average molecular weight is 445 g/mol. The Morgan fingerprint density at radius 3 is 2.31 bits per heavy atom. The molecule has 1 unspecified atom stereocenters. The molecule has 0 aliphatic rings. The Labute approximate surface area is 191 Å². The second-order valence-corrected chi connectivity index (χ2v) is 7.90. The van der Waals surface area contributed by atoms with Crippen molar-refractivity contribution in [1.29, 1.82) is 0 Å². The molecule has 0 fully saturated rings. The summed E-state index contributed by atoms with van der Waals surface area (Å²) in [4.78, 5) is 29.2. The molecular formula is C25H36N2O5. The van der Waals surface area contributed by atoms with E-state index in [0.29, 0.717) is 37.4 Å². The third-order valence-corrected chi connectivity index (χ3v) is 5.67. The van der Waals surface area contributed by atoms with Gasteiger partial charge < -0.3 is 23.7 Å². The molecule has 0 radical (unpaired) electrons. The van der Waals surface area contributed by atoms with Crippen LogP contribution in [-0.4, -0.2) is 55.0 Å². The van der Waals surface area contributed by atoms with Gasteiger partial charge in [-0.3, -0.25) is 9.59 Å². The highest BCUT2D eigenvalue weighted by Crippen LogP contribution is 2.27. The van der Waals surface area contributed by atoms with E-state index < -0.39 is 0 Å². The van der Waals surface area contributed by atoms with Crippen molar-refractivity contribution in [2.75, 3.05) is 27.3 Å². The minimum absolute atomic E-state index is 0.00459. The maximum atomic E-state index is 13.3. The van der Waals surface area contributed by atoms with E-state index >= 15 is 0 Å². The lowest BCUT2D eigenvalue weighted by Crippen LogP contribution is -2.46. The van der Waals surface area contributed by atoms with E-state index in [-0.39, 0.29) is 24.4 Å². The van der Waals surface area contributed by atoms with E-state index in [1.807, 2.05) is 58.0 Å². The summed E-state index contributed by atoms with van der Waals surface area (Å²) in [5.74, 6) is 2.73. The number of hydrogen-bond acceptors (Lipinski definition) is 5. The third-order valence-electron chi connectivity index (χ3n) is 5.67. The van der Waals surface area contributed by atoms with E-state index in [1.165, 1.54) is 0 Å². The maximum absolute atomic E-state index is 13.3. The van der Waals surface area contributed by atoms with Gasteiger partial charge in [-0.2, -0.15) is 0 Å². The third kappa shape index (κ3) is 6.77. The van der Waals surface area contributed by atoms with E-state index in [0.717, 1.165) is 23.5 Å². The molecule has 7 nitrogen and oxygen atoms in total. The molecule has 32 heavy (non-hydrogen) atoms.